The van der Waals surface area contributed by atoms with Gasteiger partial charge in [0.05, 0.1) is 12.0 Å². The second-order valence-electron chi connectivity index (χ2n) is 7.72. The summed E-state index contributed by atoms with van der Waals surface area (Å²) in [7, 11) is 0. The third-order valence-electron chi connectivity index (χ3n) is 6.13. The molecule has 4 atom stereocenters. The lowest BCUT2D eigenvalue weighted by Gasteiger charge is -2.40. The van der Waals surface area contributed by atoms with Gasteiger partial charge in [-0.3, -0.25) is 4.79 Å². The Kier molecular flexibility index (Phi) is 3.38. The van der Waals surface area contributed by atoms with Crippen LogP contribution in [-0.2, 0) is 20.9 Å². The highest BCUT2D eigenvalue weighted by molar-refractivity contribution is 5.84. The third kappa shape index (κ3) is 2.02. The van der Waals surface area contributed by atoms with E-state index in [9.17, 15) is 4.79 Å². The van der Waals surface area contributed by atoms with Crippen molar-refractivity contribution in [2.24, 2.45) is 22.7 Å². The molecule has 2 fully saturated rings. The average molecular weight is 312 g/mol. The summed E-state index contributed by atoms with van der Waals surface area (Å²) in [6.07, 6.45) is 6.31. The van der Waals surface area contributed by atoms with Crippen LogP contribution in [0.5, 0.6) is 0 Å². The van der Waals surface area contributed by atoms with E-state index in [1.807, 2.05) is 18.2 Å². The molecule has 1 aromatic carbocycles. The van der Waals surface area contributed by atoms with Crippen LogP contribution in [-0.4, -0.2) is 18.7 Å². The molecular formula is C20H24O3. The van der Waals surface area contributed by atoms with E-state index in [-0.39, 0.29) is 28.8 Å². The molecule has 1 heterocycles. The number of hydrogen-bond acceptors (Lipinski definition) is 3. The van der Waals surface area contributed by atoms with Crippen LogP contribution < -0.4 is 0 Å². The minimum atomic E-state index is -0.315. The molecule has 3 heteroatoms. The Morgan fingerprint density at radius 3 is 2.70 bits per heavy atom. The highest BCUT2D eigenvalue weighted by atomic mass is 16.6. The van der Waals surface area contributed by atoms with Gasteiger partial charge in [0.15, 0.2) is 0 Å². The molecular weight excluding hydrogens is 288 g/mol. The predicted molar refractivity (Wildman–Crippen MR) is 87.5 cm³/mol. The van der Waals surface area contributed by atoms with Crippen LogP contribution in [0.4, 0.5) is 0 Å². The van der Waals surface area contributed by atoms with E-state index in [0.29, 0.717) is 19.1 Å². The van der Waals surface area contributed by atoms with Crippen molar-refractivity contribution in [3.8, 4) is 0 Å². The van der Waals surface area contributed by atoms with Crippen molar-refractivity contribution in [1.82, 2.24) is 0 Å². The zero-order valence-corrected chi connectivity index (χ0v) is 13.8. The molecule has 2 aliphatic carbocycles. The molecule has 3 aliphatic rings. The summed E-state index contributed by atoms with van der Waals surface area (Å²) in [5.41, 5.74) is 0.942. The maximum Gasteiger partial charge on any atom is 0.313 e. The van der Waals surface area contributed by atoms with Gasteiger partial charge in [-0.2, -0.15) is 0 Å². The van der Waals surface area contributed by atoms with Gasteiger partial charge in [0.2, 0.25) is 0 Å². The lowest BCUT2D eigenvalue weighted by atomic mass is 9.68. The van der Waals surface area contributed by atoms with Gasteiger partial charge < -0.3 is 9.47 Å². The summed E-state index contributed by atoms with van der Waals surface area (Å²) >= 11 is 0. The second kappa shape index (κ2) is 5.20. The van der Waals surface area contributed by atoms with E-state index in [2.05, 4.69) is 38.1 Å². The number of carbonyl (C=O) groups is 1. The van der Waals surface area contributed by atoms with Crippen molar-refractivity contribution in [3.63, 3.8) is 0 Å². The Morgan fingerprint density at radius 1 is 1.17 bits per heavy atom. The van der Waals surface area contributed by atoms with E-state index in [0.717, 1.165) is 12.8 Å². The highest BCUT2D eigenvalue weighted by Gasteiger charge is 2.74. The Morgan fingerprint density at radius 2 is 1.96 bits per heavy atom. The van der Waals surface area contributed by atoms with E-state index in [1.165, 1.54) is 5.56 Å². The molecule has 4 unspecified atom stereocenters. The normalized spacial score (nSPS) is 35.7. The van der Waals surface area contributed by atoms with E-state index in [1.54, 1.807) is 0 Å². The van der Waals surface area contributed by atoms with Gasteiger partial charge in [0, 0.05) is 23.9 Å². The van der Waals surface area contributed by atoms with Gasteiger partial charge in [-0.15, -0.1) is 0 Å². The first-order chi connectivity index (χ1) is 11.1. The Labute approximate surface area is 137 Å². The van der Waals surface area contributed by atoms with E-state index in [4.69, 9.17) is 9.47 Å². The minimum absolute atomic E-state index is 0.0184. The molecule has 4 bridgehead atoms. The van der Waals surface area contributed by atoms with Gasteiger partial charge in [-0.1, -0.05) is 56.3 Å². The maximum atomic E-state index is 12.5. The first kappa shape index (κ1) is 14.9. The van der Waals surface area contributed by atoms with Crippen molar-refractivity contribution in [2.75, 3.05) is 6.61 Å². The number of carbonyl (C=O) groups excluding carboxylic acids is 1. The topological polar surface area (TPSA) is 35.5 Å². The minimum Gasteiger partial charge on any atom is -0.461 e. The fraction of sp³-hybridized carbons (Fsp3) is 0.550. The van der Waals surface area contributed by atoms with Crippen molar-refractivity contribution >= 4 is 5.97 Å². The molecule has 0 aromatic heterocycles. The second-order valence-corrected chi connectivity index (χ2v) is 7.72. The van der Waals surface area contributed by atoms with Gasteiger partial charge in [0.1, 0.15) is 6.10 Å². The first-order valence-corrected chi connectivity index (χ1v) is 8.58. The Balaban J connectivity index is 1.35. The number of ether oxygens (including phenoxy) is 2. The van der Waals surface area contributed by atoms with Crippen LogP contribution in [0.15, 0.2) is 42.5 Å². The lowest BCUT2D eigenvalue weighted by Crippen LogP contribution is -2.44. The summed E-state index contributed by atoms with van der Waals surface area (Å²) in [5.74, 6) is 0.606. The monoisotopic (exact) mass is 312 g/mol. The van der Waals surface area contributed by atoms with Crippen molar-refractivity contribution in [1.29, 1.82) is 0 Å². The van der Waals surface area contributed by atoms with Gasteiger partial charge in [-0.25, -0.2) is 0 Å². The summed E-state index contributed by atoms with van der Waals surface area (Å²) < 4.78 is 11.5. The fourth-order valence-electron chi connectivity index (χ4n) is 5.07. The van der Waals surface area contributed by atoms with Crippen molar-refractivity contribution in [2.45, 2.75) is 39.4 Å². The molecule has 3 nitrogen and oxygen atoms in total. The van der Waals surface area contributed by atoms with Crippen molar-refractivity contribution < 1.29 is 14.3 Å². The van der Waals surface area contributed by atoms with Crippen molar-refractivity contribution in [3.05, 3.63) is 48.0 Å². The summed E-state index contributed by atoms with van der Waals surface area (Å²) in [6.45, 7) is 5.80. The molecule has 1 saturated heterocycles. The van der Waals surface area contributed by atoms with Crippen LogP contribution in [0.1, 0.15) is 32.3 Å². The molecule has 1 aliphatic heterocycles. The Bertz CT molecular complexity index is 634. The third-order valence-corrected chi connectivity index (χ3v) is 6.13. The molecule has 0 N–H and O–H groups in total. The lowest BCUT2D eigenvalue weighted by molar-refractivity contribution is -0.166. The quantitative estimate of drug-likeness (QED) is 0.456. The standard InChI is InChI=1S/C20H24O3/c1-19(2)16-10-9-15-17(19)23-18(21)20(15,16)11-6-12-22-13-14-7-4-3-5-8-14/h3-5,7-10,15-17H,6,11-13H2,1-2H3. The molecule has 23 heavy (non-hydrogen) atoms. The molecule has 1 aromatic rings. The van der Waals surface area contributed by atoms with Crippen LogP contribution in [0.25, 0.3) is 0 Å². The number of rotatable bonds is 6. The van der Waals surface area contributed by atoms with Crippen LogP contribution in [0.3, 0.4) is 0 Å². The van der Waals surface area contributed by atoms with Gasteiger partial charge >= 0.3 is 5.97 Å². The fourth-order valence-corrected chi connectivity index (χ4v) is 5.07. The molecule has 0 amide bonds. The maximum absolute atomic E-state index is 12.5. The first-order valence-electron chi connectivity index (χ1n) is 8.58. The summed E-state index contributed by atoms with van der Waals surface area (Å²) in [6, 6.07) is 10.2. The number of hydrogen-bond donors (Lipinski definition) is 0. The number of allylic oxidation sites excluding steroid dienone is 1. The van der Waals surface area contributed by atoms with Crippen LogP contribution >= 0.6 is 0 Å². The molecule has 1 saturated carbocycles. The van der Waals surface area contributed by atoms with Gasteiger partial charge in [0.25, 0.3) is 0 Å². The zero-order valence-electron chi connectivity index (χ0n) is 13.8. The zero-order chi connectivity index (χ0) is 16.1. The largest absolute Gasteiger partial charge is 0.461 e. The number of benzene rings is 1. The highest BCUT2D eigenvalue weighted by Crippen LogP contribution is 2.69. The SMILES string of the molecule is CC1(C)C2OC(=O)C3(CCCOCc4ccccc4)C2C=CC13. The van der Waals surface area contributed by atoms with E-state index < -0.39 is 0 Å². The number of esters is 1. The molecule has 0 spiro atoms. The molecule has 0 radical (unpaired) electrons. The molecule has 122 valence electrons. The smallest absolute Gasteiger partial charge is 0.313 e. The average Bonchev–Trinajstić information content (AvgIpc) is 3.09. The van der Waals surface area contributed by atoms with Crippen LogP contribution in [0.2, 0.25) is 0 Å². The van der Waals surface area contributed by atoms with E-state index >= 15 is 0 Å². The molecule has 4 rings (SSSR count). The van der Waals surface area contributed by atoms with Gasteiger partial charge in [-0.05, 0) is 18.4 Å². The Hall–Kier alpha value is -1.61. The van der Waals surface area contributed by atoms with Crippen LogP contribution in [0, 0.1) is 22.7 Å². The summed E-state index contributed by atoms with van der Waals surface area (Å²) in [4.78, 5) is 12.5. The predicted octanol–water partition coefficient (Wildman–Crippen LogP) is 3.74. The summed E-state index contributed by atoms with van der Waals surface area (Å²) in [5, 5.41) is 0.